The number of hydrogen-bond acceptors (Lipinski definition) is 3. The molecule has 1 atom stereocenters. The normalized spacial score (nSPS) is 13.4. The van der Waals surface area contributed by atoms with E-state index in [1.54, 1.807) is 4.68 Å². The smallest absolute Gasteiger partial charge is 0.226 e. The van der Waals surface area contributed by atoms with Crippen molar-refractivity contribution in [2.75, 3.05) is 5.32 Å². The Balaban J connectivity index is 2.65. The van der Waals surface area contributed by atoms with Gasteiger partial charge >= 0.3 is 0 Å². The number of anilines is 1. The minimum absolute atomic E-state index is 0.0554. The SMILES string of the molecule is CCc1nn(C)cc1NC(=O)CC(N)C(C)(C)C. The number of carbonyl (C=O) groups is 1. The van der Waals surface area contributed by atoms with Crippen LogP contribution in [0.3, 0.4) is 0 Å². The van der Waals surface area contributed by atoms with Gasteiger partial charge in [-0.25, -0.2) is 0 Å². The van der Waals surface area contributed by atoms with E-state index in [-0.39, 0.29) is 17.4 Å². The lowest BCUT2D eigenvalue weighted by molar-refractivity contribution is -0.117. The summed E-state index contributed by atoms with van der Waals surface area (Å²) < 4.78 is 1.71. The fraction of sp³-hybridized carbons (Fsp3) is 0.692. The number of nitrogens with one attached hydrogen (secondary N) is 1. The molecule has 0 fully saturated rings. The molecule has 18 heavy (non-hydrogen) atoms. The third-order valence-corrected chi connectivity index (χ3v) is 3.03. The Bertz CT molecular complexity index is 417. The van der Waals surface area contributed by atoms with Crippen LogP contribution in [0.4, 0.5) is 5.69 Å². The third-order valence-electron chi connectivity index (χ3n) is 3.03. The minimum atomic E-state index is -0.153. The van der Waals surface area contributed by atoms with E-state index < -0.39 is 0 Å². The second-order valence-corrected chi connectivity index (χ2v) is 5.74. The van der Waals surface area contributed by atoms with Gasteiger partial charge in [0.05, 0.1) is 11.4 Å². The number of rotatable bonds is 4. The number of aryl methyl sites for hydroxylation is 2. The summed E-state index contributed by atoms with van der Waals surface area (Å²) in [5.74, 6) is -0.0554. The second kappa shape index (κ2) is 5.52. The Hall–Kier alpha value is -1.36. The maximum absolute atomic E-state index is 11.9. The first-order valence-electron chi connectivity index (χ1n) is 6.32. The molecule has 1 amide bonds. The molecule has 0 saturated carbocycles. The van der Waals surface area contributed by atoms with E-state index in [4.69, 9.17) is 5.73 Å². The highest BCUT2D eigenvalue weighted by Gasteiger charge is 2.23. The highest BCUT2D eigenvalue weighted by atomic mass is 16.1. The molecule has 1 aromatic rings. The number of aromatic nitrogens is 2. The summed E-state index contributed by atoms with van der Waals surface area (Å²) >= 11 is 0. The molecule has 0 aromatic carbocycles. The largest absolute Gasteiger partial charge is 0.327 e. The van der Waals surface area contributed by atoms with Crippen molar-refractivity contribution in [3.05, 3.63) is 11.9 Å². The fourth-order valence-corrected chi connectivity index (χ4v) is 1.61. The van der Waals surface area contributed by atoms with Crippen molar-refractivity contribution in [2.24, 2.45) is 18.2 Å². The minimum Gasteiger partial charge on any atom is -0.327 e. The standard InChI is InChI=1S/C13H24N4O/c1-6-9-10(8-17(5)16-9)15-12(18)7-11(14)13(2,3)4/h8,11H,6-7,14H2,1-5H3,(H,15,18). The zero-order valence-electron chi connectivity index (χ0n) is 11.9. The van der Waals surface area contributed by atoms with Gasteiger partial charge in [-0.2, -0.15) is 5.10 Å². The highest BCUT2D eigenvalue weighted by molar-refractivity contribution is 5.91. The number of hydrogen-bond donors (Lipinski definition) is 2. The van der Waals surface area contributed by atoms with Crippen LogP contribution >= 0.6 is 0 Å². The highest BCUT2D eigenvalue weighted by Crippen LogP contribution is 2.21. The molecule has 0 radical (unpaired) electrons. The maximum Gasteiger partial charge on any atom is 0.226 e. The number of amides is 1. The molecule has 0 bridgehead atoms. The van der Waals surface area contributed by atoms with E-state index in [1.165, 1.54) is 0 Å². The van der Waals surface area contributed by atoms with Crippen LogP contribution in [-0.2, 0) is 18.3 Å². The molecule has 1 heterocycles. The first-order valence-corrected chi connectivity index (χ1v) is 6.32. The van der Waals surface area contributed by atoms with Gasteiger partial charge in [-0.1, -0.05) is 27.7 Å². The van der Waals surface area contributed by atoms with Crippen molar-refractivity contribution < 1.29 is 4.79 Å². The molecular formula is C13H24N4O. The van der Waals surface area contributed by atoms with E-state index in [2.05, 4.69) is 10.4 Å². The Morgan fingerprint density at radius 1 is 1.56 bits per heavy atom. The number of nitrogens with two attached hydrogens (primary N) is 1. The molecule has 5 heteroatoms. The van der Waals surface area contributed by atoms with Crippen LogP contribution in [0.25, 0.3) is 0 Å². The van der Waals surface area contributed by atoms with Crippen LogP contribution in [0.5, 0.6) is 0 Å². The molecule has 0 aliphatic carbocycles. The van der Waals surface area contributed by atoms with E-state index in [0.29, 0.717) is 6.42 Å². The van der Waals surface area contributed by atoms with Crippen LogP contribution < -0.4 is 11.1 Å². The zero-order valence-corrected chi connectivity index (χ0v) is 11.9. The molecule has 0 aliphatic heterocycles. The van der Waals surface area contributed by atoms with Crippen molar-refractivity contribution in [1.82, 2.24) is 9.78 Å². The molecule has 5 nitrogen and oxygen atoms in total. The Kier molecular flexibility index (Phi) is 4.51. The van der Waals surface area contributed by atoms with E-state index in [0.717, 1.165) is 17.8 Å². The van der Waals surface area contributed by atoms with Crippen molar-refractivity contribution >= 4 is 11.6 Å². The van der Waals surface area contributed by atoms with Gasteiger partial charge in [0.15, 0.2) is 0 Å². The summed E-state index contributed by atoms with van der Waals surface area (Å²) in [5.41, 5.74) is 7.61. The van der Waals surface area contributed by atoms with Gasteiger partial charge in [-0.15, -0.1) is 0 Å². The average molecular weight is 252 g/mol. The van der Waals surface area contributed by atoms with Gasteiger partial charge in [0, 0.05) is 25.7 Å². The summed E-state index contributed by atoms with van der Waals surface area (Å²) in [6.45, 7) is 8.12. The summed E-state index contributed by atoms with van der Waals surface area (Å²) in [6, 6.07) is -0.153. The van der Waals surface area contributed by atoms with Crippen molar-refractivity contribution in [3.8, 4) is 0 Å². The molecule has 3 N–H and O–H groups in total. The summed E-state index contributed by atoms with van der Waals surface area (Å²) in [7, 11) is 1.84. The Labute approximate surface area is 109 Å². The third kappa shape index (κ3) is 3.84. The Morgan fingerprint density at radius 3 is 2.67 bits per heavy atom. The van der Waals surface area contributed by atoms with Crippen LogP contribution in [0, 0.1) is 5.41 Å². The number of carbonyl (C=O) groups excluding carboxylic acids is 1. The van der Waals surface area contributed by atoms with Crippen molar-refractivity contribution in [1.29, 1.82) is 0 Å². The van der Waals surface area contributed by atoms with Crippen LogP contribution in [-0.4, -0.2) is 21.7 Å². The average Bonchev–Trinajstić information content (AvgIpc) is 2.56. The lowest BCUT2D eigenvalue weighted by Crippen LogP contribution is -2.38. The van der Waals surface area contributed by atoms with Crippen LogP contribution in [0.2, 0.25) is 0 Å². The first-order chi connectivity index (χ1) is 8.24. The summed E-state index contributed by atoms with van der Waals surface area (Å²) in [6.07, 6.45) is 2.93. The van der Waals surface area contributed by atoms with Gasteiger partial charge in [0.2, 0.25) is 5.91 Å². The van der Waals surface area contributed by atoms with Gasteiger partial charge in [0.25, 0.3) is 0 Å². The van der Waals surface area contributed by atoms with Crippen molar-refractivity contribution in [3.63, 3.8) is 0 Å². The molecule has 1 aromatic heterocycles. The molecular weight excluding hydrogens is 228 g/mol. The first kappa shape index (κ1) is 14.7. The van der Waals surface area contributed by atoms with Gasteiger partial charge in [-0.3, -0.25) is 9.48 Å². The van der Waals surface area contributed by atoms with Gasteiger partial charge in [-0.05, 0) is 11.8 Å². The quantitative estimate of drug-likeness (QED) is 0.856. The van der Waals surface area contributed by atoms with Crippen LogP contribution in [0.15, 0.2) is 6.20 Å². The lowest BCUT2D eigenvalue weighted by atomic mass is 9.85. The van der Waals surface area contributed by atoms with E-state index in [9.17, 15) is 4.79 Å². The Morgan fingerprint density at radius 2 is 2.17 bits per heavy atom. The predicted octanol–water partition coefficient (Wildman–Crippen LogP) is 1.68. The zero-order chi connectivity index (χ0) is 13.9. The van der Waals surface area contributed by atoms with E-state index >= 15 is 0 Å². The fourth-order valence-electron chi connectivity index (χ4n) is 1.61. The molecule has 102 valence electrons. The molecule has 0 saturated heterocycles. The molecule has 0 aliphatic rings. The second-order valence-electron chi connectivity index (χ2n) is 5.74. The van der Waals surface area contributed by atoms with Crippen LogP contribution in [0.1, 0.15) is 39.8 Å². The molecule has 1 rings (SSSR count). The summed E-state index contributed by atoms with van der Waals surface area (Å²) in [5, 5.41) is 7.16. The molecule has 1 unspecified atom stereocenters. The predicted molar refractivity (Wildman–Crippen MR) is 73.3 cm³/mol. The molecule has 0 spiro atoms. The lowest BCUT2D eigenvalue weighted by Gasteiger charge is -2.26. The maximum atomic E-state index is 11.9. The van der Waals surface area contributed by atoms with Gasteiger partial charge < -0.3 is 11.1 Å². The monoisotopic (exact) mass is 252 g/mol. The van der Waals surface area contributed by atoms with E-state index in [1.807, 2.05) is 40.9 Å². The number of nitrogens with zero attached hydrogens (tertiary/aromatic N) is 2. The topological polar surface area (TPSA) is 72.9 Å². The van der Waals surface area contributed by atoms with Gasteiger partial charge in [0.1, 0.15) is 0 Å². The summed E-state index contributed by atoms with van der Waals surface area (Å²) in [4.78, 5) is 11.9. The van der Waals surface area contributed by atoms with Crippen molar-refractivity contribution in [2.45, 2.75) is 46.6 Å².